The molecule has 3 rings (SSSR count). The van der Waals surface area contributed by atoms with Gasteiger partial charge in [0.1, 0.15) is 0 Å². The van der Waals surface area contributed by atoms with Crippen LogP contribution >= 0.6 is 11.3 Å². The first kappa shape index (κ1) is 13.8. The average molecular weight is 287 g/mol. The molecule has 0 aliphatic heterocycles. The number of aromatic nitrogens is 1. The van der Waals surface area contributed by atoms with Crippen molar-refractivity contribution in [2.75, 3.05) is 0 Å². The second-order valence-corrected chi connectivity index (χ2v) is 7.13. The zero-order valence-corrected chi connectivity index (χ0v) is 12.9. The molecule has 2 nitrogen and oxygen atoms in total. The highest BCUT2D eigenvalue weighted by Gasteiger charge is 2.44. The summed E-state index contributed by atoms with van der Waals surface area (Å²) in [6.45, 7) is 4.14. The first-order chi connectivity index (χ1) is 9.62. The van der Waals surface area contributed by atoms with Gasteiger partial charge in [0.2, 0.25) is 0 Å². The molecule has 1 N–H and O–H groups in total. The molecule has 1 aromatic heterocycles. The molecule has 0 radical (unpaired) electrons. The van der Waals surface area contributed by atoms with E-state index in [1.54, 1.807) is 11.3 Å². The van der Waals surface area contributed by atoms with Crippen LogP contribution in [0, 0.1) is 13.8 Å². The molecule has 1 fully saturated rings. The molecule has 1 unspecified atom stereocenters. The Morgan fingerprint density at radius 2 is 1.95 bits per heavy atom. The van der Waals surface area contributed by atoms with Crippen molar-refractivity contribution in [2.45, 2.75) is 51.0 Å². The van der Waals surface area contributed by atoms with E-state index in [0.29, 0.717) is 6.42 Å². The minimum atomic E-state index is -0.330. The third-order valence-corrected chi connectivity index (χ3v) is 5.77. The fourth-order valence-corrected chi connectivity index (χ4v) is 4.10. The lowest BCUT2D eigenvalue weighted by Crippen LogP contribution is -2.46. The maximum Gasteiger partial charge on any atom is 0.0956 e. The van der Waals surface area contributed by atoms with E-state index in [4.69, 9.17) is 0 Å². The van der Waals surface area contributed by atoms with Crippen molar-refractivity contribution in [3.63, 3.8) is 0 Å². The van der Waals surface area contributed by atoms with Gasteiger partial charge in [0, 0.05) is 16.7 Å². The smallest absolute Gasteiger partial charge is 0.0956 e. The molecule has 0 bridgehead atoms. The molecule has 3 heteroatoms. The van der Waals surface area contributed by atoms with E-state index >= 15 is 0 Å². The van der Waals surface area contributed by atoms with Gasteiger partial charge < -0.3 is 5.11 Å². The van der Waals surface area contributed by atoms with Gasteiger partial charge in [-0.15, -0.1) is 11.3 Å². The highest BCUT2D eigenvalue weighted by molar-refractivity contribution is 7.11. The zero-order chi connectivity index (χ0) is 14.2. The van der Waals surface area contributed by atoms with Gasteiger partial charge in [-0.2, -0.15) is 0 Å². The Bertz CT molecular complexity index is 567. The van der Waals surface area contributed by atoms with Gasteiger partial charge in [-0.25, -0.2) is 4.98 Å². The van der Waals surface area contributed by atoms with Crippen molar-refractivity contribution >= 4 is 11.3 Å². The van der Waals surface area contributed by atoms with Gasteiger partial charge in [-0.05, 0) is 32.3 Å². The summed E-state index contributed by atoms with van der Waals surface area (Å²) in [7, 11) is 0. The zero-order valence-electron chi connectivity index (χ0n) is 12.1. The maximum atomic E-state index is 10.8. The van der Waals surface area contributed by atoms with Crippen LogP contribution in [0.4, 0.5) is 0 Å². The standard InChI is InChI=1S/C17H21NOS/c1-12-13(2)20-16(18-12)11-15(19)17(9-6-10-17)14-7-4-3-5-8-14/h3-5,7-8,15,19H,6,9-11H2,1-2H3. The van der Waals surface area contributed by atoms with Gasteiger partial charge in [0.05, 0.1) is 16.8 Å². The largest absolute Gasteiger partial charge is 0.392 e. The van der Waals surface area contributed by atoms with Crippen molar-refractivity contribution in [3.05, 3.63) is 51.5 Å². The fraction of sp³-hybridized carbons (Fsp3) is 0.471. The first-order valence-electron chi connectivity index (χ1n) is 7.28. The summed E-state index contributed by atoms with van der Waals surface area (Å²) in [6, 6.07) is 10.5. The number of aliphatic hydroxyl groups is 1. The van der Waals surface area contributed by atoms with Crippen LogP contribution in [-0.2, 0) is 11.8 Å². The van der Waals surface area contributed by atoms with Crippen LogP contribution in [0.15, 0.2) is 30.3 Å². The number of rotatable bonds is 4. The highest BCUT2D eigenvalue weighted by Crippen LogP contribution is 2.47. The predicted octanol–water partition coefficient (Wildman–Crippen LogP) is 3.79. The minimum absolute atomic E-state index is 0.0469. The molecule has 1 heterocycles. The van der Waals surface area contributed by atoms with Crippen LogP contribution in [0.5, 0.6) is 0 Å². The number of aryl methyl sites for hydroxylation is 2. The number of hydrogen-bond acceptors (Lipinski definition) is 3. The van der Waals surface area contributed by atoms with Crippen LogP contribution < -0.4 is 0 Å². The minimum Gasteiger partial charge on any atom is -0.392 e. The van der Waals surface area contributed by atoms with Crippen LogP contribution in [0.25, 0.3) is 0 Å². The molecule has 2 aromatic rings. The Morgan fingerprint density at radius 3 is 2.45 bits per heavy atom. The van der Waals surface area contributed by atoms with E-state index in [9.17, 15) is 5.11 Å². The quantitative estimate of drug-likeness (QED) is 0.928. The molecule has 1 atom stereocenters. The molecule has 0 amide bonds. The second-order valence-electron chi connectivity index (χ2n) is 5.84. The molecule has 1 aliphatic carbocycles. The van der Waals surface area contributed by atoms with Crippen LogP contribution in [0.1, 0.15) is 40.4 Å². The molecule has 20 heavy (non-hydrogen) atoms. The molecule has 0 spiro atoms. The summed E-state index contributed by atoms with van der Waals surface area (Å²) in [5, 5.41) is 11.9. The van der Waals surface area contributed by atoms with E-state index < -0.39 is 0 Å². The third-order valence-electron chi connectivity index (χ3n) is 4.67. The van der Waals surface area contributed by atoms with Gasteiger partial charge in [0.25, 0.3) is 0 Å². The van der Waals surface area contributed by atoms with E-state index in [1.807, 2.05) is 13.0 Å². The summed E-state index contributed by atoms with van der Waals surface area (Å²) in [5.74, 6) is 0. The van der Waals surface area contributed by atoms with Gasteiger partial charge >= 0.3 is 0 Å². The Kier molecular flexibility index (Phi) is 3.65. The summed E-state index contributed by atoms with van der Waals surface area (Å²) in [4.78, 5) is 5.83. The lowest BCUT2D eigenvalue weighted by molar-refractivity contribution is 0.0285. The SMILES string of the molecule is Cc1nc(CC(O)C2(c3ccccc3)CCC2)sc1C. The van der Waals surface area contributed by atoms with Crippen LogP contribution in [-0.4, -0.2) is 16.2 Å². The Morgan fingerprint density at radius 1 is 1.25 bits per heavy atom. The third kappa shape index (κ3) is 2.29. The van der Waals surface area contributed by atoms with Crippen LogP contribution in [0.3, 0.4) is 0 Å². The Labute approximate surface area is 124 Å². The maximum absolute atomic E-state index is 10.8. The first-order valence-corrected chi connectivity index (χ1v) is 8.10. The van der Waals surface area contributed by atoms with Crippen molar-refractivity contribution in [2.24, 2.45) is 0 Å². The number of thiazole rings is 1. The lowest BCUT2D eigenvalue weighted by atomic mass is 9.60. The highest BCUT2D eigenvalue weighted by atomic mass is 32.1. The van der Waals surface area contributed by atoms with Crippen LogP contribution in [0.2, 0.25) is 0 Å². The summed E-state index contributed by atoms with van der Waals surface area (Å²) >= 11 is 1.72. The lowest BCUT2D eigenvalue weighted by Gasteiger charge is -2.46. The predicted molar refractivity (Wildman–Crippen MR) is 83.3 cm³/mol. The van der Waals surface area contributed by atoms with E-state index in [1.165, 1.54) is 16.9 Å². The Balaban J connectivity index is 1.83. The van der Waals surface area contributed by atoms with Crippen molar-refractivity contribution in [1.82, 2.24) is 4.98 Å². The second kappa shape index (κ2) is 5.30. The van der Waals surface area contributed by atoms with Crippen molar-refractivity contribution < 1.29 is 5.11 Å². The number of aliphatic hydroxyl groups excluding tert-OH is 1. The van der Waals surface area contributed by atoms with Crippen molar-refractivity contribution in [1.29, 1.82) is 0 Å². The average Bonchev–Trinajstić information content (AvgIpc) is 2.68. The van der Waals surface area contributed by atoms with Crippen molar-refractivity contribution in [3.8, 4) is 0 Å². The molecule has 1 aromatic carbocycles. The van der Waals surface area contributed by atoms with Gasteiger partial charge in [0.15, 0.2) is 0 Å². The van der Waals surface area contributed by atoms with Gasteiger partial charge in [-0.1, -0.05) is 36.8 Å². The summed E-state index contributed by atoms with van der Waals surface area (Å²) in [6.07, 6.45) is 3.72. The molecular weight excluding hydrogens is 266 g/mol. The van der Waals surface area contributed by atoms with E-state index in [-0.39, 0.29) is 11.5 Å². The fourth-order valence-electron chi connectivity index (χ4n) is 3.13. The Hall–Kier alpha value is -1.19. The topological polar surface area (TPSA) is 33.1 Å². The van der Waals surface area contributed by atoms with E-state index in [2.05, 4.69) is 36.2 Å². The number of benzene rings is 1. The normalized spacial score (nSPS) is 18.6. The molecule has 106 valence electrons. The summed E-state index contributed by atoms with van der Waals surface area (Å²) in [5.41, 5.74) is 2.33. The molecule has 1 aliphatic rings. The molecule has 1 saturated carbocycles. The number of hydrogen-bond donors (Lipinski definition) is 1. The monoisotopic (exact) mass is 287 g/mol. The molecule has 0 saturated heterocycles. The number of nitrogens with zero attached hydrogens (tertiary/aromatic N) is 1. The van der Waals surface area contributed by atoms with Gasteiger partial charge in [-0.3, -0.25) is 0 Å². The molecular formula is C17H21NOS. The van der Waals surface area contributed by atoms with E-state index in [0.717, 1.165) is 23.5 Å². The summed E-state index contributed by atoms with van der Waals surface area (Å²) < 4.78 is 0.